The third-order valence-electron chi connectivity index (χ3n) is 5.32. The molecule has 0 saturated carbocycles. The molecule has 0 aliphatic carbocycles. The molecule has 0 amide bonds. The maximum Gasteiger partial charge on any atom is 0.333 e. The van der Waals surface area contributed by atoms with Gasteiger partial charge in [0.2, 0.25) is 0 Å². The molecule has 0 bridgehead atoms. The lowest BCUT2D eigenvalue weighted by atomic mass is 10.1. The van der Waals surface area contributed by atoms with Crippen LogP contribution >= 0.6 is 0 Å². The molecular weight excluding hydrogens is 456 g/mol. The van der Waals surface area contributed by atoms with Crippen LogP contribution in [0.25, 0.3) is 11.1 Å². The van der Waals surface area contributed by atoms with Gasteiger partial charge in [0, 0.05) is 11.1 Å². The van der Waals surface area contributed by atoms with Crippen molar-refractivity contribution < 1.29 is 28.5 Å². The highest BCUT2D eigenvalue weighted by atomic mass is 16.5. The fourth-order valence-electron chi connectivity index (χ4n) is 3.21. The zero-order chi connectivity index (χ0) is 26.2. The second kappa shape index (κ2) is 16.2. The minimum absolute atomic E-state index is 0.332. The Morgan fingerprint density at radius 3 is 1.22 bits per heavy atom. The van der Waals surface area contributed by atoms with Gasteiger partial charge in [0.1, 0.15) is 11.5 Å². The lowest BCUT2D eigenvalue weighted by Gasteiger charge is -2.09. The summed E-state index contributed by atoms with van der Waals surface area (Å²) in [6.45, 7) is 12.5. The highest BCUT2D eigenvalue weighted by molar-refractivity contribution is 5.87. The molecular formula is C30H38O6. The van der Waals surface area contributed by atoms with Gasteiger partial charge in [0.15, 0.2) is 0 Å². The molecule has 0 saturated heterocycles. The van der Waals surface area contributed by atoms with Crippen LogP contribution in [0.4, 0.5) is 0 Å². The molecule has 194 valence electrons. The Hall–Kier alpha value is -3.54. The maximum absolute atomic E-state index is 11.3. The van der Waals surface area contributed by atoms with Crippen molar-refractivity contribution in [3.8, 4) is 22.6 Å². The molecule has 0 aromatic heterocycles. The number of hydrogen-bond acceptors (Lipinski definition) is 6. The summed E-state index contributed by atoms with van der Waals surface area (Å²) in [5.41, 5.74) is 3.07. The van der Waals surface area contributed by atoms with Crippen LogP contribution in [0.1, 0.15) is 52.4 Å². The van der Waals surface area contributed by atoms with E-state index in [9.17, 15) is 9.59 Å². The van der Waals surface area contributed by atoms with E-state index in [4.69, 9.17) is 18.9 Å². The third-order valence-corrected chi connectivity index (χ3v) is 5.32. The first kappa shape index (κ1) is 28.7. The summed E-state index contributed by atoms with van der Waals surface area (Å²) in [5, 5.41) is 0. The van der Waals surface area contributed by atoms with Crippen molar-refractivity contribution in [2.45, 2.75) is 52.4 Å². The number of esters is 2. The Morgan fingerprint density at radius 1 is 0.556 bits per heavy atom. The summed E-state index contributed by atoms with van der Waals surface area (Å²) < 4.78 is 21.8. The van der Waals surface area contributed by atoms with Crippen molar-refractivity contribution in [3.63, 3.8) is 0 Å². The first-order chi connectivity index (χ1) is 17.4. The molecule has 6 nitrogen and oxygen atoms in total. The minimum Gasteiger partial charge on any atom is -0.494 e. The van der Waals surface area contributed by atoms with Crippen molar-refractivity contribution in [3.05, 3.63) is 72.8 Å². The fraction of sp³-hybridized carbons (Fsp3) is 0.400. The first-order valence-electron chi connectivity index (χ1n) is 12.5. The summed E-state index contributed by atoms with van der Waals surface area (Å²) in [4.78, 5) is 22.6. The molecule has 0 fully saturated rings. The van der Waals surface area contributed by atoms with E-state index in [1.54, 1.807) is 13.8 Å². The van der Waals surface area contributed by atoms with Gasteiger partial charge in [-0.2, -0.15) is 0 Å². The predicted octanol–water partition coefficient (Wildman–Crippen LogP) is 6.69. The molecule has 0 aliphatic rings. The SMILES string of the molecule is C=C(C)C(=O)OCCCCCOc1ccc(-c2ccc(OCCCCCOC(=O)C(=C)C)cc2)cc1. The Morgan fingerprint density at radius 2 is 0.889 bits per heavy atom. The Balaban J connectivity index is 1.61. The van der Waals surface area contributed by atoms with Crippen LogP contribution in [0.15, 0.2) is 72.8 Å². The monoisotopic (exact) mass is 494 g/mol. The zero-order valence-electron chi connectivity index (χ0n) is 21.6. The summed E-state index contributed by atoms with van der Waals surface area (Å²) >= 11 is 0. The van der Waals surface area contributed by atoms with Crippen molar-refractivity contribution in [1.82, 2.24) is 0 Å². The third kappa shape index (κ3) is 11.3. The second-order valence-corrected chi connectivity index (χ2v) is 8.70. The van der Waals surface area contributed by atoms with E-state index in [0.717, 1.165) is 61.2 Å². The van der Waals surface area contributed by atoms with E-state index < -0.39 is 0 Å². The van der Waals surface area contributed by atoms with Gasteiger partial charge >= 0.3 is 11.9 Å². The van der Waals surface area contributed by atoms with E-state index in [0.29, 0.717) is 37.6 Å². The van der Waals surface area contributed by atoms with E-state index in [-0.39, 0.29) is 11.9 Å². The predicted molar refractivity (Wildman–Crippen MR) is 142 cm³/mol. The van der Waals surface area contributed by atoms with Crippen LogP contribution in [0.5, 0.6) is 11.5 Å². The van der Waals surface area contributed by atoms with Gasteiger partial charge in [-0.25, -0.2) is 9.59 Å². The van der Waals surface area contributed by atoms with Crippen molar-refractivity contribution in [1.29, 1.82) is 0 Å². The average Bonchev–Trinajstić information content (AvgIpc) is 2.88. The minimum atomic E-state index is -0.332. The van der Waals surface area contributed by atoms with Crippen LogP contribution in [0.3, 0.4) is 0 Å². The molecule has 0 aliphatic heterocycles. The Kier molecular flexibility index (Phi) is 12.9. The highest BCUT2D eigenvalue weighted by Crippen LogP contribution is 2.25. The second-order valence-electron chi connectivity index (χ2n) is 8.70. The number of hydrogen-bond donors (Lipinski definition) is 0. The lowest BCUT2D eigenvalue weighted by molar-refractivity contribution is -0.139. The largest absolute Gasteiger partial charge is 0.494 e. The molecule has 6 heteroatoms. The summed E-state index contributed by atoms with van der Waals surface area (Å²) in [6, 6.07) is 16.1. The number of carbonyl (C=O) groups is 2. The molecule has 0 atom stereocenters. The zero-order valence-corrected chi connectivity index (χ0v) is 21.6. The van der Waals surface area contributed by atoms with Gasteiger partial charge in [-0.3, -0.25) is 0 Å². The van der Waals surface area contributed by atoms with Gasteiger partial charge in [-0.15, -0.1) is 0 Å². The summed E-state index contributed by atoms with van der Waals surface area (Å²) in [7, 11) is 0. The maximum atomic E-state index is 11.3. The lowest BCUT2D eigenvalue weighted by Crippen LogP contribution is -2.06. The fourth-order valence-corrected chi connectivity index (χ4v) is 3.21. The van der Waals surface area contributed by atoms with Crippen LogP contribution < -0.4 is 9.47 Å². The summed E-state index contributed by atoms with van der Waals surface area (Å²) in [6.07, 6.45) is 5.29. The smallest absolute Gasteiger partial charge is 0.333 e. The highest BCUT2D eigenvalue weighted by Gasteiger charge is 2.04. The number of rotatable bonds is 17. The molecule has 36 heavy (non-hydrogen) atoms. The first-order valence-corrected chi connectivity index (χ1v) is 12.5. The van der Waals surface area contributed by atoms with E-state index in [2.05, 4.69) is 13.2 Å². The number of unbranched alkanes of at least 4 members (excludes halogenated alkanes) is 4. The van der Waals surface area contributed by atoms with E-state index in [1.807, 2.05) is 48.5 Å². The van der Waals surface area contributed by atoms with Crippen LogP contribution in [-0.4, -0.2) is 38.4 Å². The average molecular weight is 495 g/mol. The Bertz CT molecular complexity index is 894. The van der Waals surface area contributed by atoms with Crippen LogP contribution in [-0.2, 0) is 19.1 Å². The number of carbonyl (C=O) groups excluding carboxylic acids is 2. The van der Waals surface area contributed by atoms with Gasteiger partial charge in [0.25, 0.3) is 0 Å². The quantitative estimate of drug-likeness (QED) is 0.139. The molecule has 0 unspecified atom stereocenters. The number of benzene rings is 2. The molecule has 0 radical (unpaired) electrons. The number of ether oxygens (including phenoxy) is 4. The van der Waals surface area contributed by atoms with Gasteiger partial charge in [-0.05, 0) is 87.8 Å². The van der Waals surface area contributed by atoms with Crippen molar-refractivity contribution in [2.24, 2.45) is 0 Å². The van der Waals surface area contributed by atoms with E-state index >= 15 is 0 Å². The van der Waals surface area contributed by atoms with Crippen molar-refractivity contribution in [2.75, 3.05) is 26.4 Å². The molecule has 2 rings (SSSR count). The van der Waals surface area contributed by atoms with Crippen LogP contribution in [0.2, 0.25) is 0 Å². The molecule has 2 aromatic rings. The molecule has 0 N–H and O–H groups in total. The molecule has 0 spiro atoms. The Labute approximate surface area is 214 Å². The van der Waals surface area contributed by atoms with Crippen LogP contribution in [0, 0.1) is 0 Å². The van der Waals surface area contributed by atoms with Crippen molar-refractivity contribution >= 4 is 11.9 Å². The summed E-state index contributed by atoms with van der Waals surface area (Å²) in [5.74, 6) is 1.01. The molecule has 2 aromatic carbocycles. The normalized spacial score (nSPS) is 10.4. The van der Waals surface area contributed by atoms with E-state index in [1.165, 1.54) is 0 Å². The topological polar surface area (TPSA) is 71.1 Å². The van der Waals surface area contributed by atoms with Gasteiger partial charge < -0.3 is 18.9 Å². The molecule has 0 heterocycles. The van der Waals surface area contributed by atoms with Gasteiger partial charge in [-0.1, -0.05) is 37.4 Å². The van der Waals surface area contributed by atoms with Gasteiger partial charge in [0.05, 0.1) is 26.4 Å². The standard InChI is InChI=1S/C30H38O6/c1-23(2)29(31)35-21-9-5-7-19-33-27-15-11-25(12-16-27)26-13-17-28(18-14-26)34-20-8-6-10-22-36-30(32)24(3)4/h11-18H,1,3,5-10,19-22H2,2,4H3.